The van der Waals surface area contributed by atoms with Crippen molar-refractivity contribution >= 4 is 16.6 Å². The molecule has 6 heteroatoms. The Morgan fingerprint density at radius 1 is 1.14 bits per heavy atom. The van der Waals surface area contributed by atoms with Crippen LogP contribution < -0.4 is 10.5 Å². The molecule has 0 radical (unpaired) electrons. The third-order valence-corrected chi connectivity index (χ3v) is 6.64. The van der Waals surface area contributed by atoms with Crippen molar-refractivity contribution < 1.29 is 4.74 Å². The molecule has 1 aromatic carbocycles. The van der Waals surface area contributed by atoms with Crippen LogP contribution in [0.15, 0.2) is 41.3 Å². The van der Waals surface area contributed by atoms with Gasteiger partial charge in [-0.3, -0.25) is 9.48 Å². The van der Waals surface area contributed by atoms with E-state index in [0.717, 1.165) is 49.5 Å². The molecule has 3 aromatic rings. The van der Waals surface area contributed by atoms with E-state index in [1.807, 2.05) is 6.07 Å². The predicted molar refractivity (Wildman–Crippen MR) is 115 cm³/mol. The minimum absolute atomic E-state index is 0.0724. The van der Waals surface area contributed by atoms with Gasteiger partial charge in [-0.2, -0.15) is 5.10 Å². The summed E-state index contributed by atoms with van der Waals surface area (Å²) in [6.07, 6.45) is 5.22. The molecule has 1 N–H and O–H groups in total. The summed E-state index contributed by atoms with van der Waals surface area (Å²) in [5.74, 6) is 0. The Morgan fingerprint density at radius 2 is 1.90 bits per heavy atom. The minimum atomic E-state index is -0.0724. The number of aromatic nitrogens is 3. The maximum atomic E-state index is 12.7. The van der Waals surface area contributed by atoms with Gasteiger partial charge in [-0.05, 0) is 36.5 Å². The lowest BCUT2D eigenvalue weighted by atomic mass is 9.87. The van der Waals surface area contributed by atoms with Gasteiger partial charge < -0.3 is 14.6 Å². The van der Waals surface area contributed by atoms with Crippen LogP contribution in [-0.4, -0.2) is 41.1 Å². The van der Waals surface area contributed by atoms with E-state index in [9.17, 15) is 4.79 Å². The molecule has 3 heterocycles. The molecule has 1 aliphatic heterocycles. The van der Waals surface area contributed by atoms with Crippen molar-refractivity contribution in [1.29, 1.82) is 0 Å². The SMILES string of the molecule is CC1(C)CCCC1n1nc(-c2ccc(N3CCOCC3)cc2)c2c(=O)[nH]ccc21. The molecule has 1 aliphatic carbocycles. The Kier molecular flexibility index (Phi) is 4.46. The monoisotopic (exact) mass is 392 g/mol. The first-order chi connectivity index (χ1) is 14.0. The van der Waals surface area contributed by atoms with Crippen LogP contribution in [0, 0.1) is 5.41 Å². The summed E-state index contributed by atoms with van der Waals surface area (Å²) in [4.78, 5) is 17.9. The second-order valence-corrected chi connectivity index (χ2v) is 8.90. The van der Waals surface area contributed by atoms with Gasteiger partial charge in [0.1, 0.15) is 5.69 Å². The van der Waals surface area contributed by atoms with Crippen molar-refractivity contribution in [3.8, 4) is 11.3 Å². The number of hydrogen-bond donors (Lipinski definition) is 1. The van der Waals surface area contributed by atoms with Crippen LogP contribution in [0.25, 0.3) is 22.2 Å². The molecule has 1 saturated carbocycles. The summed E-state index contributed by atoms with van der Waals surface area (Å²) in [7, 11) is 0. The van der Waals surface area contributed by atoms with E-state index in [-0.39, 0.29) is 11.0 Å². The van der Waals surface area contributed by atoms with Gasteiger partial charge in [-0.25, -0.2) is 0 Å². The Labute approximate surface area is 170 Å². The molecular formula is C23H28N4O2. The molecule has 5 rings (SSSR count). The van der Waals surface area contributed by atoms with Gasteiger partial charge in [0.15, 0.2) is 0 Å². The highest BCUT2D eigenvalue weighted by molar-refractivity contribution is 5.92. The third-order valence-electron chi connectivity index (χ3n) is 6.64. The van der Waals surface area contributed by atoms with Crippen LogP contribution in [-0.2, 0) is 4.74 Å². The average Bonchev–Trinajstić information content (AvgIpc) is 3.29. The smallest absolute Gasteiger partial charge is 0.259 e. The highest BCUT2D eigenvalue weighted by Crippen LogP contribution is 2.47. The summed E-state index contributed by atoms with van der Waals surface area (Å²) >= 11 is 0. The number of H-pyrrole nitrogens is 1. The van der Waals surface area contributed by atoms with Crippen LogP contribution in [0.1, 0.15) is 39.2 Å². The molecular weight excluding hydrogens is 364 g/mol. The Balaban J connectivity index is 1.59. The average molecular weight is 393 g/mol. The van der Waals surface area contributed by atoms with Crippen LogP contribution in [0.3, 0.4) is 0 Å². The molecule has 1 atom stereocenters. The zero-order chi connectivity index (χ0) is 20.0. The van der Waals surface area contributed by atoms with Crippen molar-refractivity contribution in [3.05, 3.63) is 46.9 Å². The fourth-order valence-electron chi connectivity index (χ4n) is 4.95. The fourth-order valence-corrected chi connectivity index (χ4v) is 4.95. The van der Waals surface area contributed by atoms with Gasteiger partial charge in [-0.1, -0.05) is 32.4 Å². The molecule has 2 fully saturated rings. The van der Waals surface area contributed by atoms with Crippen LogP contribution in [0.5, 0.6) is 0 Å². The number of hydrogen-bond acceptors (Lipinski definition) is 4. The number of nitrogens with one attached hydrogen (secondary N) is 1. The quantitative estimate of drug-likeness (QED) is 0.732. The van der Waals surface area contributed by atoms with E-state index in [0.29, 0.717) is 11.4 Å². The molecule has 6 nitrogen and oxygen atoms in total. The first kappa shape index (κ1) is 18.4. The number of nitrogens with zero attached hydrogens (tertiary/aromatic N) is 3. The number of morpholine rings is 1. The van der Waals surface area contributed by atoms with Gasteiger partial charge in [0, 0.05) is 30.5 Å². The summed E-state index contributed by atoms with van der Waals surface area (Å²) < 4.78 is 7.57. The summed E-state index contributed by atoms with van der Waals surface area (Å²) in [5.41, 5.74) is 3.99. The van der Waals surface area contributed by atoms with Gasteiger partial charge in [0.2, 0.25) is 0 Å². The number of fused-ring (bicyclic) bond motifs is 1. The number of anilines is 1. The Morgan fingerprint density at radius 3 is 2.59 bits per heavy atom. The van der Waals surface area contributed by atoms with Crippen molar-refractivity contribution in [2.24, 2.45) is 5.41 Å². The zero-order valence-electron chi connectivity index (χ0n) is 17.1. The highest BCUT2D eigenvalue weighted by atomic mass is 16.5. The van der Waals surface area contributed by atoms with E-state index >= 15 is 0 Å². The maximum absolute atomic E-state index is 12.7. The number of rotatable bonds is 3. The molecule has 1 saturated heterocycles. The van der Waals surface area contributed by atoms with Crippen molar-refractivity contribution in [2.45, 2.75) is 39.2 Å². The van der Waals surface area contributed by atoms with E-state index < -0.39 is 0 Å². The topological polar surface area (TPSA) is 63.1 Å². The molecule has 1 unspecified atom stereocenters. The number of aromatic amines is 1. The van der Waals surface area contributed by atoms with E-state index in [1.54, 1.807) is 6.20 Å². The zero-order valence-corrected chi connectivity index (χ0v) is 17.1. The van der Waals surface area contributed by atoms with Crippen LogP contribution in [0.4, 0.5) is 5.69 Å². The lowest BCUT2D eigenvalue weighted by Gasteiger charge is -2.28. The van der Waals surface area contributed by atoms with E-state index in [2.05, 4.69) is 52.7 Å². The summed E-state index contributed by atoms with van der Waals surface area (Å²) in [6, 6.07) is 10.7. The van der Waals surface area contributed by atoms with Gasteiger partial charge in [-0.15, -0.1) is 0 Å². The fraction of sp³-hybridized carbons (Fsp3) is 0.478. The van der Waals surface area contributed by atoms with E-state index in [1.165, 1.54) is 18.5 Å². The minimum Gasteiger partial charge on any atom is -0.378 e. The third kappa shape index (κ3) is 3.15. The normalized spacial score (nSPS) is 21.7. The Bertz CT molecular complexity index is 1070. The molecule has 0 amide bonds. The van der Waals surface area contributed by atoms with Crippen LogP contribution >= 0.6 is 0 Å². The van der Waals surface area contributed by atoms with Crippen molar-refractivity contribution in [1.82, 2.24) is 14.8 Å². The lowest BCUT2D eigenvalue weighted by Crippen LogP contribution is -2.36. The lowest BCUT2D eigenvalue weighted by molar-refractivity contribution is 0.122. The predicted octanol–water partition coefficient (Wildman–Crippen LogP) is 3.98. The molecule has 152 valence electrons. The van der Waals surface area contributed by atoms with Crippen molar-refractivity contribution in [3.63, 3.8) is 0 Å². The second kappa shape index (κ2) is 7.02. The van der Waals surface area contributed by atoms with Gasteiger partial charge in [0.05, 0.1) is 30.2 Å². The number of ether oxygens (including phenoxy) is 1. The summed E-state index contributed by atoms with van der Waals surface area (Å²) in [5, 5.41) is 5.69. The molecule has 0 spiro atoms. The first-order valence-electron chi connectivity index (χ1n) is 10.6. The molecule has 0 bridgehead atoms. The number of pyridine rings is 1. The van der Waals surface area contributed by atoms with Gasteiger partial charge >= 0.3 is 0 Å². The molecule has 2 aliphatic rings. The van der Waals surface area contributed by atoms with Crippen LogP contribution in [0.2, 0.25) is 0 Å². The second-order valence-electron chi connectivity index (χ2n) is 8.90. The Hall–Kier alpha value is -2.60. The standard InChI is InChI=1S/C23H28N4O2/c1-23(2)10-3-4-19(23)27-18-9-11-24-22(28)20(18)21(25-27)16-5-7-17(8-6-16)26-12-14-29-15-13-26/h5-9,11,19H,3-4,10,12-15H2,1-2H3,(H,24,28). The molecule has 29 heavy (non-hydrogen) atoms. The maximum Gasteiger partial charge on any atom is 0.259 e. The summed E-state index contributed by atoms with van der Waals surface area (Å²) in [6.45, 7) is 7.97. The highest BCUT2D eigenvalue weighted by Gasteiger charge is 2.37. The number of benzene rings is 1. The van der Waals surface area contributed by atoms with E-state index in [4.69, 9.17) is 9.84 Å². The van der Waals surface area contributed by atoms with Gasteiger partial charge in [0.25, 0.3) is 5.56 Å². The van der Waals surface area contributed by atoms with Crippen molar-refractivity contribution in [2.75, 3.05) is 31.2 Å². The molecule has 2 aromatic heterocycles. The first-order valence-corrected chi connectivity index (χ1v) is 10.6. The largest absolute Gasteiger partial charge is 0.378 e.